The Morgan fingerprint density at radius 3 is 2.61 bits per heavy atom. The second-order valence-corrected chi connectivity index (χ2v) is 7.44. The van der Waals surface area contributed by atoms with Crippen LogP contribution in [0.2, 0.25) is 0 Å². The summed E-state index contributed by atoms with van der Waals surface area (Å²) in [6, 6.07) is 0.0659. The van der Waals surface area contributed by atoms with Gasteiger partial charge in [-0.1, -0.05) is 6.42 Å². The Kier molecular flexibility index (Phi) is 2.69. The van der Waals surface area contributed by atoms with Crippen molar-refractivity contribution in [1.82, 2.24) is 9.03 Å². The number of fused-ring (bicyclic) bond motifs is 1. The number of nitrogens with zero attached hydrogens (tertiary/aromatic N) is 1. The number of rotatable bonds is 4. The van der Waals surface area contributed by atoms with Gasteiger partial charge in [0.1, 0.15) is 0 Å². The van der Waals surface area contributed by atoms with Crippen molar-refractivity contribution in [2.75, 3.05) is 13.1 Å². The third-order valence-corrected chi connectivity index (χ3v) is 6.09. The van der Waals surface area contributed by atoms with Gasteiger partial charge in [-0.05, 0) is 31.6 Å². The first-order chi connectivity index (χ1) is 8.44. The molecule has 18 heavy (non-hydrogen) atoms. The van der Waals surface area contributed by atoms with Crippen LogP contribution in [-0.2, 0) is 15.0 Å². The zero-order valence-electron chi connectivity index (χ0n) is 10.1. The number of carbonyl (C=O) groups is 1. The Bertz CT molecular complexity index is 473. The average molecular weight is 274 g/mol. The van der Waals surface area contributed by atoms with Crippen LogP contribution in [0.15, 0.2) is 0 Å². The second-order valence-electron chi connectivity index (χ2n) is 5.74. The summed E-state index contributed by atoms with van der Waals surface area (Å²) in [5.74, 6) is -0.861. The molecule has 0 aromatic carbocycles. The van der Waals surface area contributed by atoms with Crippen molar-refractivity contribution in [3.05, 3.63) is 0 Å². The van der Waals surface area contributed by atoms with Crippen molar-refractivity contribution in [2.45, 2.75) is 38.1 Å². The summed E-state index contributed by atoms with van der Waals surface area (Å²) in [6.07, 6.45) is 4.09. The first-order valence-corrected chi connectivity index (χ1v) is 7.89. The van der Waals surface area contributed by atoms with E-state index in [9.17, 15) is 18.3 Å². The maximum absolute atomic E-state index is 12.1. The summed E-state index contributed by atoms with van der Waals surface area (Å²) in [7, 11) is -3.49. The van der Waals surface area contributed by atoms with Crippen LogP contribution in [-0.4, -0.2) is 42.9 Å². The molecule has 2 aliphatic carbocycles. The molecule has 102 valence electrons. The highest BCUT2D eigenvalue weighted by atomic mass is 32.2. The molecule has 0 radical (unpaired) electrons. The van der Waals surface area contributed by atoms with Crippen LogP contribution >= 0.6 is 0 Å². The van der Waals surface area contributed by atoms with Gasteiger partial charge in [-0.15, -0.1) is 0 Å². The average Bonchev–Trinajstić information content (AvgIpc) is 2.85. The van der Waals surface area contributed by atoms with Gasteiger partial charge in [-0.3, -0.25) is 4.79 Å². The van der Waals surface area contributed by atoms with Gasteiger partial charge >= 0.3 is 5.97 Å². The van der Waals surface area contributed by atoms with Crippen molar-refractivity contribution in [1.29, 1.82) is 0 Å². The lowest BCUT2D eigenvalue weighted by Crippen LogP contribution is -2.42. The summed E-state index contributed by atoms with van der Waals surface area (Å²) in [5, 5.41) is 9.41. The van der Waals surface area contributed by atoms with Gasteiger partial charge < -0.3 is 5.11 Å². The topological polar surface area (TPSA) is 86.7 Å². The Morgan fingerprint density at radius 2 is 2.06 bits per heavy atom. The minimum atomic E-state index is -3.49. The number of hydrogen-bond acceptors (Lipinski definition) is 3. The van der Waals surface area contributed by atoms with Crippen LogP contribution in [0, 0.1) is 11.3 Å². The molecule has 0 spiro atoms. The first kappa shape index (κ1) is 12.4. The number of nitrogens with one attached hydrogen (secondary N) is 1. The lowest BCUT2D eigenvalue weighted by atomic mass is 9.81. The van der Waals surface area contributed by atoms with Crippen LogP contribution in [0.25, 0.3) is 0 Å². The van der Waals surface area contributed by atoms with Crippen molar-refractivity contribution in [2.24, 2.45) is 11.3 Å². The van der Waals surface area contributed by atoms with Gasteiger partial charge in [0.15, 0.2) is 0 Å². The highest BCUT2D eigenvalue weighted by molar-refractivity contribution is 7.87. The van der Waals surface area contributed by atoms with Crippen LogP contribution in [0.1, 0.15) is 32.1 Å². The molecule has 2 N–H and O–H groups in total. The molecule has 1 heterocycles. The number of hydrogen-bond donors (Lipinski definition) is 2. The Hall–Kier alpha value is -0.660. The molecule has 1 aliphatic heterocycles. The van der Waals surface area contributed by atoms with Crippen LogP contribution in [0.5, 0.6) is 0 Å². The Balaban J connectivity index is 1.79. The van der Waals surface area contributed by atoms with Crippen molar-refractivity contribution < 1.29 is 18.3 Å². The maximum Gasteiger partial charge on any atom is 0.311 e. The molecule has 6 nitrogen and oxygen atoms in total. The normalized spacial score (nSPS) is 36.8. The first-order valence-electron chi connectivity index (χ1n) is 6.45. The summed E-state index contributed by atoms with van der Waals surface area (Å²) < 4.78 is 28.2. The standard InChI is InChI=1S/C11H18N2O4S/c14-10(15)11-5-1-2-8(11)6-13(7-11)18(16,17)12-9-3-4-9/h8-9,12H,1-7H2,(H,14,15)/t8-,11+/m0/s1. The van der Waals surface area contributed by atoms with Crippen LogP contribution in [0.4, 0.5) is 0 Å². The van der Waals surface area contributed by atoms with E-state index in [4.69, 9.17) is 0 Å². The molecule has 0 amide bonds. The van der Waals surface area contributed by atoms with E-state index >= 15 is 0 Å². The van der Waals surface area contributed by atoms with Gasteiger partial charge in [0, 0.05) is 19.1 Å². The molecular formula is C11H18N2O4S. The molecule has 0 bridgehead atoms. The van der Waals surface area contributed by atoms with Gasteiger partial charge in [-0.25, -0.2) is 0 Å². The van der Waals surface area contributed by atoms with E-state index in [1.807, 2.05) is 0 Å². The van der Waals surface area contributed by atoms with Crippen molar-refractivity contribution >= 4 is 16.2 Å². The second kappa shape index (κ2) is 3.91. The fourth-order valence-electron chi connectivity index (χ4n) is 3.26. The van der Waals surface area contributed by atoms with E-state index in [0.717, 1.165) is 25.7 Å². The van der Waals surface area contributed by atoms with Gasteiger partial charge in [0.05, 0.1) is 5.41 Å². The van der Waals surface area contributed by atoms with E-state index in [0.29, 0.717) is 13.0 Å². The molecule has 3 fully saturated rings. The molecule has 7 heteroatoms. The SMILES string of the molecule is O=C(O)[C@@]12CCC[C@H]1CN(S(=O)(=O)NC1CC1)C2. The molecule has 2 atom stereocenters. The molecule has 3 rings (SSSR count). The van der Waals surface area contributed by atoms with Crippen LogP contribution < -0.4 is 4.72 Å². The Labute approximate surface area is 107 Å². The molecule has 3 aliphatic rings. The molecular weight excluding hydrogens is 256 g/mol. The fourth-order valence-corrected chi connectivity index (χ4v) is 4.84. The van der Waals surface area contributed by atoms with Gasteiger partial charge in [-0.2, -0.15) is 17.4 Å². The van der Waals surface area contributed by atoms with E-state index in [1.54, 1.807) is 0 Å². The summed E-state index contributed by atoms with van der Waals surface area (Å²) >= 11 is 0. The summed E-state index contributed by atoms with van der Waals surface area (Å²) in [4.78, 5) is 11.5. The zero-order valence-corrected chi connectivity index (χ0v) is 10.9. The zero-order chi connectivity index (χ0) is 13.0. The minimum absolute atomic E-state index is 0.0224. The fraction of sp³-hybridized carbons (Fsp3) is 0.909. The summed E-state index contributed by atoms with van der Waals surface area (Å²) in [6.45, 7) is 0.489. The lowest BCUT2D eigenvalue weighted by molar-refractivity contribution is -0.149. The predicted octanol–water partition coefficient (Wildman–Crippen LogP) is 0.170. The van der Waals surface area contributed by atoms with Crippen molar-refractivity contribution in [3.8, 4) is 0 Å². The molecule has 1 saturated heterocycles. The Morgan fingerprint density at radius 1 is 1.33 bits per heavy atom. The van der Waals surface area contributed by atoms with Gasteiger partial charge in [0.2, 0.25) is 0 Å². The largest absolute Gasteiger partial charge is 0.481 e. The number of carboxylic acid groups (broad SMARTS) is 1. The molecule has 0 unspecified atom stereocenters. The molecule has 2 saturated carbocycles. The maximum atomic E-state index is 12.1. The predicted molar refractivity (Wildman–Crippen MR) is 64.1 cm³/mol. The molecule has 0 aromatic heterocycles. The summed E-state index contributed by atoms with van der Waals surface area (Å²) in [5.41, 5.74) is -0.835. The lowest BCUT2D eigenvalue weighted by Gasteiger charge is -2.23. The highest BCUT2D eigenvalue weighted by Crippen LogP contribution is 2.49. The van der Waals surface area contributed by atoms with E-state index in [2.05, 4.69) is 4.72 Å². The quantitative estimate of drug-likeness (QED) is 0.765. The number of aliphatic carboxylic acids is 1. The third-order valence-electron chi connectivity index (χ3n) is 4.50. The minimum Gasteiger partial charge on any atom is -0.481 e. The highest BCUT2D eigenvalue weighted by Gasteiger charge is 2.57. The van der Waals surface area contributed by atoms with E-state index in [1.165, 1.54) is 4.31 Å². The smallest absolute Gasteiger partial charge is 0.311 e. The van der Waals surface area contributed by atoms with Gasteiger partial charge in [0.25, 0.3) is 10.2 Å². The van der Waals surface area contributed by atoms with Crippen LogP contribution in [0.3, 0.4) is 0 Å². The van der Waals surface area contributed by atoms with E-state index in [-0.39, 0.29) is 18.5 Å². The number of carboxylic acids is 1. The molecule has 0 aromatic rings. The van der Waals surface area contributed by atoms with E-state index < -0.39 is 21.6 Å². The monoisotopic (exact) mass is 274 g/mol. The third kappa shape index (κ3) is 1.85. The van der Waals surface area contributed by atoms with Crippen molar-refractivity contribution in [3.63, 3.8) is 0 Å².